The lowest BCUT2D eigenvalue weighted by Gasteiger charge is -2.28. The second-order valence-electron chi connectivity index (χ2n) is 12.5. The van der Waals surface area contributed by atoms with Crippen molar-refractivity contribution < 1.29 is 0 Å². The Morgan fingerprint density at radius 1 is 0.540 bits per heavy atom. The van der Waals surface area contributed by atoms with E-state index >= 15 is 0 Å². The quantitative estimate of drug-likeness (QED) is 0.173. The minimum absolute atomic E-state index is 0.901. The summed E-state index contributed by atoms with van der Waals surface area (Å²) in [5.74, 6) is 0. The zero-order chi connectivity index (χ0) is 33.3. The second kappa shape index (κ2) is 12.8. The van der Waals surface area contributed by atoms with Crippen molar-refractivity contribution >= 4 is 27.8 Å². The monoisotopic (exact) mass is 643 g/mol. The van der Waals surface area contributed by atoms with Crippen molar-refractivity contribution in [3.05, 3.63) is 182 Å². The van der Waals surface area contributed by atoms with E-state index in [4.69, 9.17) is 4.98 Å². The molecule has 5 nitrogen and oxygen atoms in total. The summed E-state index contributed by atoms with van der Waals surface area (Å²) in [6.45, 7) is 0. The number of hydrogen-bond donors (Lipinski definition) is 0. The number of imidazole rings is 1. The smallest absolute Gasteiger partial charge is 0.137 e. The van der Waals surface area contributed by atoms with Crippen LogP contribution in [0.4, 0.5) is 11.4 Å². The molecule has 0 radical (unpaired) electrons. The first-order valence-electron chi connectivity index (χ1n) is 17.0. The minimum Gasteiger partial charge on any atom is -0.311 e. The van der Waals surface area contributed by atoms with Crippen LogP contribution in [0, 0.1) is 0 Å². The summed E-state index contributed by atoms with van der Waals surface area (Å²) in [6.07, 6.45) is 12.8. The maximum atomic E-state index is 5.08. The van der Waals surface area contributed by atoms with Crippen molar-refractivity contribution in [3.8, 4) is 44.9 Å². The molecule has 0 unspecified atom stereocenters. The summed E-state index contributed by atoms with van der Waals surface area (Å²) in [5.41, 5.74) is 12.9. The van der Waals surface area contributed by atoms with Gasteiger partial charge in [0.05, 0.1) is 17.6 Å². The Bertz CT molecular complexity index is 2500. The standard InChI is InChI=1S/C45H33N5/c1-3-11-36(12-4-1)45-44(47-42-17-9-10-30-49(42)45)35-24-28-40(29-25-35)50(38-14-5-2-6-15-38)39-26-22-33(23-27-39)32-18-20-34(21-19-32)43-41-16-8-7-13-37(41)31-46-48-43/h1,3-5,7-31H,2,6H2. The third-order valence-corrected chi connectivity index (χ3v) is 9.40. The highest BCUT2D eigenvalue weighted by molar-refractivity contribution is 5.94. The number of benzene rings is 5. The van der Waals surface area contributed by atoms with Crippen LogP contribution < -0.4 is 4.90 Å². The molecule has 3 heterocycles. The second-order valence-corrected chi connectivity index (χ2v) is 12.5. The molecular weight excluding hydrogens is 611 g/mol. The number of pyridine rings is 1. The molecule has 9 rings (SSSR count). The van der Waals surface area contributed by atoms with Crippen LogP contribution in [0.1, 0.15) is 12.8 Å². The zero-order valence-electron chi connectivity index (χ0n) is 27.4. The Balaban J connectivity index is 1.04. The summed E-state index contributed by atoms with van der Waals surface area (Å²) in [5, 5.41) is 10.9. The third-order valence-electron chi connectivity index (χ3n) is 9.40. The van der Waals surface area contributed by atoms with Crippen LogP contribution in [0.25, 0.3) is 61.3 Å². The van der Waals surface area contributed by atoms with Gasteiger partial charge in [0.1, 0.15) is 11.3 Å². The molecule has 1 aliphatic carbocycles. The van der Waals surface area contributed by atoms with E-state index in [9.17, 15) is 0 Å². The van der Waals surface area contributed by atoms with Crippen LogP contribution >= 0.6 is 0 Å². The normalized spacial score (nSPS) is 12.7. The van der Waals surface area contributed by atoms with Gasteiger partial charge in [-0.05, 0) is 66.4 Å². The van der Waals surface area contributed by atoms with Crippen LogP contribution in [0.5, 0.6) is 0 Å². The first kappa shape index (κ1) is 29.5. The highest BCUT2D eigenvalue weighted by Gasteiger charge is 2.18. The molecule has 1 aliphatic rings. The number of rotatable bonds is 7. The molecule has 0 N–H and O–H groups in total. The first-order chi connectivity index (χ1) is 24.8. The van der Waals surface area contributed by atoms with E-state index in [2.05, 4.69) is 171 Å². The fourth-order valence-electron chi connectivity index (χ4n) is 6.91. The van der Waals surface area contributed by atoms with Gasteiger partial charge in [0.25, 0.3) is 0 Å². The molecule has 0 aliphatic heterocycles. The summed E-state index contributed by atoms with van der Waals surface area (Å²) in [6, 6.07) is 51.2. The van der Waals surface area contributed by atoms with Gasteiger partial charge in [-0.15, -0.1) is 5.10 Å². The highest BCUT2D eigenvalue weighted by Crippen LogP contribution is 2.38. The predicted molar refractivity (Wildman–Crippen MR) is 205 cm³/mol. The van der Waals surface area contributed by atoms with Crippen LogP contribution in [0.2, 0.25) is 0 Å². The lowest BCUT2D eigenvalue weighted by atomic mass is 10.00. The van der Waals surface area contributed by atoms with Gasteiger partial charge in [0, 0.05) is 50.7 Å². The average Bonchev–Trinajstić information content (AvgIpc) is 3.59. The van der Waals surface area contributed by atoms with Gasteiger partial charge in [-0.2, -0.15) is 5.10 Å². The molecule has 5 aromatic carbocycles. The molecule has 0 saturated heterocycles. The van der Waals surface area contributed by atoms with Gasteiger partial charge >= 0.3 is 0 Å². The molecule has 0 spiro atoms. The summed E-state index contributed by atoms with van der Waals surface area (Å²) < 4.78 is 2.18. The molecule has 238 valence electrons. The number of allylic oxidation sites excluding steroid dienone is 3. The lowest BCUT2D eigenvalue weighted by molar-refractivity contribution is 0.997. The molecule has 0 bridgehead atoms. The topological polar surface area (TPSA) is 46.3 Å². The van der Waals surface area contributed by atoms with E-state index in [0.717, 1.165) is 85.5 Å². The van der Waals surface area contributed by atoms with Gasteiger partial charge in [-0.25, -0.2) is 4.98 Å². The Labute approximate surface area is 291 Å². The van der Waals surface area contributed by atoms with E-state index in [1.165, 1.54) is 5.70 Å². The van der Waals surface area contributed by atoms with Crippen molar-refractivity contribution in [2.75, 3.05) is 4.90 Å². The van der Waals surface area contributed by atoms with Gasteiger partial charge in [-0.1, -0.05) is 121 Å². The Morgan fingerprint density at radius 2 is 1.18 bits per heavy atom. The molecule has 0 saturated carbocycles. The lowest BCUT2D eigenvalue weighted by Crippen LogP contribution is -2.16. The van der Waals surface area contributed by atoms with Gasteiger partial charge in [0.15, 0.2) is 0 Å². The number of nitrogens with zero attached hydrogens (tertiary/aromatic N) is 5. The summed E-state index contributed by atoms with van der Waals surface area (Å²) in [4.78, 5) is 7.42. The molecule has 50 heavy (non-hydrogen) atoms. The summed E-state index contributed by atoms with van der Waals surface area (Å²) in [7, 11) is 0. The molecule has 0 atom stereocenters. The maximum absolute atomic E-state index is 5.08. The molecule has 0 amide bonds. The highest BCUT2D eigenvalue weighted by atomic mass is 15.1. The van der Waals surface area contributed by atoms with Gasteiger partial charge in [0.2, 0.25) is 0 Å². The van der Waals surface area contributed by atoms with Crippen LogP contribution in [0.3, 0.4) is 0 Å². The van der Waals surface area contributed by atoms with E-state index in [-0.39, 0.29) is 0 Å². The van der Waals surface area contributed by atoms with Crippen molar-refractivity contribution in [1.29, 1.82) is 0 Å². The fraction of sp³-hybridized carbons (Fsp3) is 0.0444. The number of anilines is 2. The summed E-state index contributed by atoms with van der Waals surface area (Å²) >= 11 is 0. The number of hydrogen-bond acceptors (Lipinski definition) is 4. The molecule has 3 aromatic heterocycles. The van der Waals surface area contributed by atoms with Gasteiger partial charge in [-0.3, -0.25) is 4.40 Å². The minimum atomic E-state index is 0.901. The Hall–Kier alpha value is -6.59. The van der Waals surface area contributed by atoms with E-state index in [1.807, 2.05) is 24.4 Å². The third kappa shape index (κ3) is 5.45. The van der Waals surface area contributed by atoms with E-state index in [0.29, 0.717) is 0 Å². The zero-order valence-corrected chi connectivity index (χ0v) is 27.4. The van der Waals surface area contributed by atoms with E-state index < -0.39 is 0 Å². The average molecular weight is 644 g/mol. The first-order valence-corrected chi connectivity index (χ1v) is 17.0. The maximum Gasteiger partial charge on any atom is 0.137 e. The van der Waals surface area contributed by atoms with Crippen molar-refractivity contribution in [2.45, 2.75) is 12.8 Å². The molecule has 5 heteroatoms. The van der Waals surface area contributed by atoms with Crippen molar-refractivity contribution in [3.63, 3.8) is 0 Å². The Morgan fingerprint density at radius 3 is 1.92 bits per heavy atom. The number of fused-ring (bicyclic) bond motifs is 2. The Kier molecular flexibility index (Phi) is 7.56. The molecule has 8 aromatic rings. The van der Waals surface area contributed by atoms with Crippen molar-refractivity contribution in [2.24, 2.45) is 0 Å². The molecular formula is C45H33N5. The largest absolute Gasteiger partial charge is 0.311 e. The van der Waals surface area contributed by atoms with E-state index in [1.54, 1.807) is 0 Å². The fourth-order valence-corrected chi connectivity index (χ4v) is 6.91. The SMILES string of the molecule is C1=CC(N(c2ccc(-c3ccc(-c4nncc5ccccc45)cc3)cc2)c2ccc(-c3nc4ccccn4c3-c3ccccc3)cc2)=CCC1. The predicted octanol–water partition coefficient (Wildman–Crippen LogP) is 11.3. The molecule has 0 fully saturated rings. The van der Waals surface area contributed by atoms with Crippen LogP contribution in [-0.4, -0.2) is 19.6 Å². The van der Waals surface area contributed by atoms with Crippen LogP contribution in [0.15, 0.2) is 182 Å². The van der Waals surface area contributed by atoms with Crippen molar-refractivity contribution in [1.82, 2.24) is 19.6 Å². The van der Waals surface area contributed by atoms with Gasteiger partial charge < -0.3 is 4.90 Å². The number of aromatic nitrogens is 4. The van der Waals surface area contributed by atoms with Crippen LogP contribution in [-0.2, 0) is 0 Å².